The number of benzene rings is 1. The summed E-state index contributed by atoms with van der Waals surface area (Å²) in [7, 11) is -3.46. The van der Waals surface area contributed by atoms with E-state index in [-0.39, 0.29) is 4.90 Å². The predicted octanol–water partition coefficient (Wildman–Crippen LogP) is 2.75. The molecule has 2 saturated carbocycles. The molecule has 20 heavy (non-hydrogen) atoms. The van der Waals surface area contributed by atoms with Gasteiger partial charge in [0.2, 0.25) is 10.0 Å². The van der Waals surface area contributed by atoms with Crippen LogP contribution in [0.2, 0.25) is 0 Å². The monoisotopic (exact) mass is 358 g/mol. The van der Waals surface area contributed by atoms with E-state index >= 15 is 0 Å². The van der Waals surface area contributed by atoms with Gasteiger partial charge in [-0.25, -0.2) is 13.1 Å². The minimum atomic E-state index is -3.46. The minimum Gasteiger partial charge on any atom is -0.398 e. The summed E-state index contributed by atoms with van der Waals surface area (Å²) >= 11 is 3.27. The predicted molar refractivity (Wildman–Crippen MR) is 82.7 cm³/mol. The molecular formula is C14H19BrN2O2S. The first-order chi connectivity index (χ1) is 9.47. The third kappa shape index (κ3) is 3.18. The number of hydrogen-bond acceptors (Lipinski definition) is 3. The number of nitrogen functional groups attached to an aromatic ring is 1. The van der Waals surface area contributed by atoms with Crippen molar-refractivity contribution in [2.24, 2.45) is 17.8 Å². The van der Waals surface area contributed by atoms with Crippen molar-refractivity contribution in [1.82, 2.24) is 4.72 Å². The number of halogens is 1. The smallest absolute Gasteiger partial charge is 0.240 e. The van der Waals surface area contributed by atoms with E-state index in [0.29, 0.717) is 22.6 Å². The lowest BCUT2D eigenvalue weighted by Gasteiger charge is -2.16. The normalized spacial score (nSPS) is 19.5. The van der Waals surface area contributed by atoms with E-state index in [1.165, 1.54) is 31.7 Å². The van der Waals surface area contributed by atoms with Crippen molar-refractivity contribution in [1.29, 1.82) is 0 Å². The molecule has 2 aliphatic carbocycles. The molecule has 2 fully saturated rings. The quantitative estimate of drug-likeness (QED) is 0.767. The summed E-state index contributed by atoms with van der Waals surface area (Å²) < 4.78 is 28.1. The second-order valence-corrected chi connectivity index (χ2v) is 8.50. The van der Waals surface area contributed by atoms with Crippen LogP contribution in [0.25, 0.3) is 0 Å². The molecule has 0 saturated heterocycles. The fourth-order valence-corrected chi connectivity index (χ4v) is 4.10. The molecule has 0 radical (unpaired) electrons. The molecular weight excluding hydrogens is 340 g/mol. The number of anilines is 1. The third-order valence-corrected chi connectivity index (χ3v) is 6.39. The highest BCUT2D eigenvalue weighted by Crippen LogP contribution is 2.48. The first kappa shape index (κ1) is 14.4. The average molecular weight is 359 g/mol. The van der Waals surface area contributed by atoms with E-state index in [1.807, 2.05) is 0 Å². The first-order valence-electron chi connectivity index (χ1n) is 7.02. The van der Waals surface area contributed by atoms with Crippen molar-refractivity contribution in [3.8, 4) is 0 Å². The zero-order chi connectivity index (χ0) is 14.3. The summed E-state index contributed by atoms with van der Waals surface area (Å²) in [5.74, 6) is 2.00. The summed E-state index contributed by atoms with van der Waals surface area (Å²) in [6.45, 7) is 0.563. The molecule has 4 nitrogen and oxygen atoms in total. The van der Waals surface area contributed by atoms with E-state index in [9.17, 15) is 8.42 Å². The molecule has 0 unspecified atom stereocenters. The Bertz CT molecular complexity index is 598. The molecule has 0 atom stereocenters. The highest BCUT2D eigenvalue weighted by molar-refractivity contribution is 9.10. The van der Waals surface area contributed by atoms with Gasteiger partial charge >= 0.3 is 0 Å². The Hall–Kier alpha value is -0.590. The van der Waals surface area contributed by atoms with Crippen molar-refractivity contribution in [3.63, 3.8) is 0 Å². The van der Waals surface area contributed by atoms with Crippen LogP contribution in [0.1, 0.15) is 25.7 Å². The van der Waals surface area contributed by atoms with Crippen molar-refractivity contribution >= 4 is 31.6 Å². The maximum atomic E-state index is 12.3. The number of nitrogens with one attached hydrogen (secondary N) is 1. The van der Waals surface area contributed by atoms with Crippen molar-refractivity contribution in [3.05, 3.63) is 22.7 Å². The lowest BCUT2D eigenvalue weighted by Crippen LogP contribution is -2.31. The van der Waals surface area contributed by atoms with Gasteiger partial charge in [-0.1, -0.05) is 0 Å². The Morgan fingerprint density at radius 2 is 1.85 bits per heavy atom. The average Bonchev–Trinajstić information content (AvgIpc) is 3.25. The molecule has 110 valence electrons. The fraction of sp³-hybridized carbons (Fsp3) is 0.571. The standard InChI is InChI=1S/C14H19BrN2O2S/c15-13-6-5-11(7-14(13)16)20(18,19)17-8-12(9-1-2-9)10-3-4-10/h5-7,9-10,12,17H,1-4,8,16H2. The molecule has 2 aliphatic rings. The van der Waals surface area contributed by atoms with Gasteiger partial charge in [0.1, 0.15) is 0 Å². The molecule has 0 amide bonds. The minimum absolute atomic E-state index is 0.239. The van der Waals surface area contributed by atoms with Crippen molar-refractivity contribution < 1.29 is 8.42 Å². The Morgan fingerprint density at radius 1 is 1.25 bits per heavy atom. The number of hydrogen-bond donors (Lipinski definition) is 2. The molecule has 1 aromatic carbocycles. The zero-order valence-electron chi connectivity index (χ0n) is 11.2. The first-order valence-corrected chi connectivity index (χ1v) is 9.29. The summed E-state index contributed by atoms with van der Waals surface area (Å²) in [6, 6.07) is 4.74. The maximum absolute atomic E-state index is 12.3. The van der Waals surface area contributed by atoms with E-state index < -0.39 is 10.0 Å². The van der Waals surface area contributed by atoms with Gasteiger partial charge in [-0.2, -0.15) is 0 Å². The van der Waals surface area contributed by atoms with Crippen LogP contribution in [-0.4, -0.2) is 15.0 Å². The van der Waals surface area contributed by atoms with Gasteiger partial charge in [-0.05, 0) is 77.6 Å². The van der Waals surface area contributed by atoms with E-state index in [4.69, 9.17) is 5.73 Å². The van der Waals surface area contributed by atoms with Gasteiger partial charge in [0.15, 0.2) is 0 Å². The lowest BCUT2D eigenvalue weighted by molar-refractivity contribution is 0.401. The highest BCUT2D eigenvalue weighted by atomic mass is 79.9. The Kier molecular flexibility index (Phi) is 3.81. The molecule has 0 aliphatic heterocycles. The van der Waals surface area contributed by atoms with Crippen LogP contribution in [0.3, 0.4) is 0 Å². The van der Waals surface area contributed by atoms with Gasteiger partial charge in [0.05, 0.1) is 4.90 Å². The summed E-state index contributed by atoms with van der Waals surface area (Å²) in [6.07, 6.45) is 5.03. The fourth-order valence-electron chi connectivity index (χ4n) is 2.75. The van der Waals surface area contributed by atoms with Gasteiger partial charge in [0.25, 0.3) is 0 Å². The number of nitrogens with two attached hydrogens (primary N) is 1. The van der Waals surface area contributed by atoms with Crippen LogP contribution in [0.5, 0.6) is 0 Å². The molecule has 0 aromatic heterocycles. The van der Waals surface area contributed by atoms with Gasteiger partial charge < -0.3 is 5.73 Å². The molecule has 6 heteroatoms. The van der Waals surface area contributed by atoms with Crippen LogP contribution in [0.15, 0.2) is 27.6 Å². The van der Waals surface area contributed by atoms with Gasteiger partial charge in [-0.15, -0.1) is 0 Å². The van der Waals surface area contributed by atoms with Crippen molar-refractivity contribution in [2.45, 2.75) is 30.6 Å². The Labute approximate surface area is 128 Å². The third-order valence-electron chi connectivity index (χ3n) is 4.24. The zero-order valence-corrected chi connectivity index (χ0v) is 13.6. The summed E-state index contributed by atoms with van der Waals surface area (Å²) in [5, 5.41) is 0. The van der Waals surface area contributed by atoms with Crippen molar-refractivity contribution in [2.75, 3.05) is 12.3 Å². The number of sulfonamides is 1. The molecule has 1 aromatic rings. The van der Waals surface area contributed by atoms with Gasteiger partial charge in [0, 0.05) is 16.7 Å². The van der Waals surface area contributed by atoms with Crippen LogP contribution in [-0.2, 0) is 10.0 Å². The lowest BCUT2D eigenvalue weighted by atomic mass is 9.99. The summed E-state index contributed by atoms with van der Waals surface area (Å²) in [4.78, 5) is 0.239. The maximum Gasteiger partial charge on any atom is 0.240 e. The molecule has 3 N–H and O–H groups in total. The topological polar surface area (TPSA) is 72.2 Å². The molecule has 0 spiro atoms. The Morgan fingerprint density at radius 3 is 2.35 bits per heavy atom. The van der Waals surface area contributed by atoms with E-state index in [0.717, 1.165) is 11.8 Å². The largest absolute Gasteiger partial charge is 0.398 e. The SMILES string of the molecule is Nc1cc(S(=O)(=O)NCC(C2CC2)C2CC2)ccc1Br. The summed E-state index contributed by atoms with van der Waals surface area (Å²) in [5.41, 5.74) is 6.19. The highest BCUT2D eigenvalue weighted by Gasteiger charge is 2.41. The number of rotatable bonds is 6. The second-order valence-electron chi connectivity index (χ2n) is 5.87. The van der Waals surface area contributed by atoms with Crippen LogP contribution in [0, 0.1) is 17.8 Å². The van der Waals surface area contributed by atoms with Gasteiger partial charge in [-0.3, -0.25) is 0 Å². The molecule has 3 rings (SSSR count). The van der Waals surface area contributed by atoms with Crippen LogP contribution < -0.4 is 10.5 Å². The van der Waals surface area contributed by atoms with E-state index in [1.54, 1.807) is 12.1 Å². The van der Waals surface area contributed by atoms with Crippen LogP contribution in [0.4, 0.5) is 5.69 Å². The Balaban J connectivity index is 1.69. The molecule has 0 bridgehead atoms. The second kappa shape index (κ2) is 5.31. The van der Waals surface area contributed by atoms with E-state index in [2.05, 4.69) is 20.7 Å². The molecule has 0 heterocycles. The van der Waals surface area contributed by atoms with Crippen LogP contribution >= 0.6 is 15.9 Å².